The number of rotatable bonds is 6. The van der Waals surface area contributed by atoms with Crippen molar-refractivity contribution < 1.29 is 19.1 Å². The minimum atomic E-state index is -1.54. The molecule has 26 heavy (non-hydrogen) atoms. The van der Waals surface area contributed by atoms with Gasteiger partial charge >= 0.3 is 5.97 Å². The number of allylic oxidation sites excluding steroid dienone is 2. The van der Waals surface area contributed by atoms with Crippen LogP contribution in [0, 0.1) is 5.92 Å². The molecule has 0 saturated carbocycles. The van der Waals surface area contributed by atoms with E-state index in [4.69, 9.17) is 21.1 Å². The number of esters is 1. The lowest BCUT2D eigenvalue weighted by Crippen LogP contribution is -2.42. The summed E-state index contributed by atoms with van der Waals surface area (Å²) in [5.74, 6) is -0.0422. The van der Waals surface area contributed by atoms with Crippen LogP contribution in [-0.2, 0) is 14.3 Å². The summed E-state index contributed by atoms with van der Waals surface area (Å²) in [5, 5.41) is -1.54. The van der Waals surface area contributed by atoms with E-state index in [-0.39, 0.29) is 17.7 Å². The van der Waals surface area contributed by atoms with Crippen LogP contribution in [0.2, 0.25) is 0 Å². The van der Waals surface area contributed by atoms with Crippen molar-refractivity contribution >= 4 is 23.4 Å². The molecule has 2 atom stereocenters. The van der Waals surface area contributed by atoms with Gasteiger partial charge in [0.05, 0.1) is 12.5 Å². The minimum Gasteiger partial charge on any atom is -0.466 e. The number of hydrogen-bond donors (Lipinski definition) is 0. The molecular weight excluding hydrogens is 354 g/mol. The van der Waals surface area contributed by atoms with E-state index in [1.165, 1.54) is 0 Å². The fourth-order valence-corrected chi connectivity index (χ4v) is 3.48. The third-order valence-corrected chi connectivity index (χ3v) is 4.88. The van der Waals surface area contributed by atoms with E-state index in [0.29, 0.717) is 31.0 Å². The molecule has 1 aliphatic carbocycles. The SMILES string of the molecule is CCOC(=O)C1CCN(CC2=CC=CC(Cl)(Oc3ccccc3)C2=O)C1. The van der Waals surface area contributed by atoms with Crippen LogP contribution in [0.3, 0.4) is 0 Å². The van der Waals surface area contributed by atoms with Gasteiger partial charge in [-0.1, -0.05) is 42.0 Å². The zero-order valence-electron chi connectivity index (χ0n) is 14.7. The lowest BCUT2D eigenvalue weighted by atomic mass is 9.99. The van der Waals surface area contributed by atoms with Crippen molar-refractivity contribution in [1.29, 1.82) is 0 Å². The zero-order chi connectivity index (χ0) is 18.6. The highest BCUT2D eigenvalue weighted by atomic mass is 35.5. The van der Waals surface area contributed by atoms with Crippen LogP contribution in [-0.4, -0.2) is 48.0 Å². The van der Waals surface area contributed by atoms with Gasteiger partial charge in [0, 0.05) is 18.7 Å². The number of nitrogens with zero attached hydrogens (tertiary/aromatic N) is 1. The molecule has 2 aliphatic rings. The molecular formula is C20H22ClNO4. The molecule has 138 valence electrons. The van der Waals surface area contributed by atoms with Crippen molar-refractivity contribution in [2.45, 2.75) is 18.4 Å². The Morgan fingerprint density at radius 3 is 2.85 bits per heavy atom. The standard InChI is InChI=1S/C20H22ClNO4/c1-2-25-19(24)16-10-12-22(14-16)13-15-7-6-11-20(21,18(15)23)26-17-8-4-3-5-9-17/h3-9,11,16H,2,10,12-14H2,1H3. The number of ether oxygens (including phenoxy) is 2. The van der Waals surface area contributed by atoms with Crippen LogP contribution in [0.1, 0.15) is 13.3 Å². The van der Waals surface area contributed by atoms with Crippen molar-refractivity contribution in [1.82, 2.24) is 4.90 Å². The van der Waals surface area contributed by atoms with Crippen molar-refractivity contribution in [3.05, 3.63) is 54.1 Å². The molecule has 0 bridgehead atoms. The molecule has 1 fully saturated rings. The number of halogens is 1. The summed E-state index contributed by atoms with van der Waals surface area (Å²) in [4.78, 5) is 26.8. The first-order valence-corrected chi connectivity index (χ1v) is 9.15. The highest BCUT2D eigenvalue weighted by molar-refractivity contribution is 6.38. The van der Waals surface area contributed by atoms with E-state index in [1.54, 1.807) is 37.3 Å². The van der Waals surface area contributed by atoms with Crippen LogP contribution in [0.15, 0.2) is 54.1 Å². The van der Waals surface area contributed by atoms with Crippen molar-refractivity contribution in [3.8, 4) is 5.75 Å². The average Bonchev–Trinajstić information content (AvgIpc) is 3.09. The number of hydrogen-bond acceptors (Lipinski definition) is 5. The van der Waals surface area contributed by atoms with E-state index in [9.17, 15) is 9.59 Å². The fourth-order valence-electron chi connectivity index (χ4n) is 3.19. The molecule has 1 aliphatic heterocycles. The van der Waals surface area contributed by atoms with Gasteiger partial charge in [0.1, 0.15) is 5.75 Å². The van der Waals surface area contributed by atoms with Gasteiger partial charge in [0.25, 0.3) is 5.06 Å². The van der Waals surface area contributed by atoms with Gasteiger partial charge in [-0.25, -0.2) is 0 Å². The molecule has 0 N–H and O–H groups in total. The predicted molar refractivity (Wildman–Crippen MR) is 99.1 cm³/mol. The Labute approximate surface area is 158 Å². The number of Topliss-reactive ketones (excluding diaryl/α,β-unsaturated/α-hetero) is 1. The summed E-state index contributed by atoms with van der Waals surface area (Å²) in [6, 6.07) is 9.03. The number of ketones is 1. The third-order valence-electron chi connectivity index (χ3n) is 4.51. The Morgan fingerprint density at radius 2 is 2.12 bits per heavy atom. The Hall–Kier alpha value is -2.11. The van der Waals surface area contributed by atoms with E-state index in [2.05, 4.69) is 4.90 Å². The largest absolute Gasteiger partial charge is 0.466 e. The maximum atomic E-state index is 12.9. The van der Waals surface area contributed by atoms with Crippen LogP contribution in [0.5, 0.6) is 5.75 Å². The van der Waals surface area contributed by atoms with Gasteiger partial charge < -0.3 is 9.47 Å². The molecule has 2 unspecified atom stereocenters. The number of carbonyl (C=O) groups is 2. The first-order valence-electron chi connectivity index (χ1n) is 8.77. The number of likely N-dealkylation sites (tertiary alicyclic amines) is 1. The van der Waals surface area contributed by atoms with Gasteiger partial charge in [-0.3, -0.25) is 14.5 Å². The predicted octanol–water partition coefficient (Wildman–Crippen LogP) is 2.95. The van der Waals surface area contributed by atoms with Gasteiger partial charge in [0.15, 0.2) is 0 Å². The molecule has 3 rings (SSSR count). The number of carbonyl (C=O) groups excluding carboxylic acids is 2. The molecule has 1 aromatic carbocycles. The zero-order valence-corrected chi connectivity index (χ0v) is 15.4. The second-order valence-electron chi connectivity index (χ2n) is 6.41. The smallest absolute Gasteiger partial charge is 0.310 e. The number of para-hydroxylation sites is 1. The molecule has 0 aromatic heterocycles. The topological polar surface area (TPSA) is 55.8 Å². The minimum absolute atomic E-state index is 0.133. The lowest BCUT2D eigenvalue weighted by molar-refractivity contribution is -0.147. The molecule has 1 saturated heterocycles. The average molecular weight is 376 g/mol. The first-order chi connectivity index (χ1) is 12.5. The summed E-state index contributed by atoms with van der Waals surface area (Å²) in [7, 11) is 0. The Balaban J connectivity index is 1.63. The molecule has 0 spiro atoms. The van der Waals surface area contributed by atoms with Crippen molar-refractivity contribution in [2.75, 3.05) is 26.2 Å². The molecule has 0 amide bonds. The van der Waals surface area contributed by atoms with Crippen molar-refractivity contribution in [2.24, 2.45) is 5.92 Å². The normalized spacial score (nSPS) is 25.8. The molecule has 1 aromatic rings. The Kier molecular flexibility index (Phi) is 5.79. The summed E-state index contributed by atoms with van der Waals surface area (Å²) >= 11 is 6.47. The Morgan fingerprint density at radius 1 is 1.35 bits per heavy atom. The first kappa shape index (κ1) is 18.7. The molecule has 1 heterocycles. The number of alkyl halides is 1. The summed E-state index contributed by atoms with van der Waals surface area (Å²) < 4.78 is 10.8. The van der Waals surface area contributed by atoms with Crippen LogP contribution in [0.25, 0.3) is 0 Å². The van der Waals surface area contributed by atoms with Gasteiger partial charge in [-0.15, -0.1) is 0 Å². The second-order valence-corrected chi connectivity index (χ2v) is 6.97. The maximum absolute atomic E-state index is 12.9. The van der Waals surface area contributed by atoms with Crippen molar-refractivity contribution in [3.63, 3.8) is 0 Å². The number of benzene rings is 1. The van der Waals surface area contributed by atoms with Gasteiger partial charge in [-0.05, 0) is 38.1 Å². The monoisotopic (exact) mass is 375 g/mol. The van der Waals surface area contributed by atoms with E-state index < -0.39 is 5.06 Å². The summed E-state index contributed by atoms with van der Waals surface area (Å²) in [6.45, 7) is 3.95. The highest BCUT2D eigenvalue weighted by Crippen LogP contribution is 2.31. The second kappa shape index (κ2) is 8.06. The molecule has 6 heteroatoms. The maximum Gasteiger partial charge on any atom is 0.310 e. The quantitative estimate of drug-likeness (QED) is 0.565. The van der Waals surface area contributed by atoms with E-state index in [0.717, 1.165) is 13.0 Å². The molecule has 0 radical (unpaired) electrons. The highest BCUT2D eigenvalue weighted by Gasteiger charge is 2.41. The third kappa shape index (κ3) is 4.17. The summed E-state index contributed by atoms with van der Waals surface area (Å²) in [5.41, 5.74) is 0.572. The molecule has 5 nitrogen and oxygen atoms in total. The van der Waals surface area contributed by atoms with Gasteiger partial charge in [-0.2, -0.15) is 0 Å². The van der Waals surface area contributed by atoms with Crippen LogP contribution >= 0.6 is 11.6 Å². The Bertz CT molecular complexity index is 731. The lowest BCUT2D eigenvalue weighted by Gasteiger charge is -2.28. The fraction of sp³-hybridized carbons (Fsp3) is 0.400. The van der Waals surface area contributed by atoms with Crippen LogP contribution < -0.4 is 4.74 Å². The summed E-state index contributed by atoms with van der Waals surface area (Å²) in [6.07, 6.45) is 5.79. The van der Waals surface area contributed by atoms with E-state index >= 15 is 0 Å². The van der Waals surface area contributed by atoms with Gasteiger partial charge in [0.2, 0.25) is 5.78 Å². The van der Waals surface area contributed by atoms with E-state index in [1.807, 2.05) is 18.2 Å². The van der Waals surface area contributed by atoms with Crippen LogP contribution in [0.4, 0.5) is 0 Å².